The summed E-state index contributed by atoms with van der Waals surface area (Å²) in [4.78, 5) is 5.26. The molecule has 14 rings (SSSR count). The van der Waals surface area contributed by atoms with E-state index in [-0.39, 0.29) is 33.9 Å². The van der Waals surface area contributed by atoms with Gasteiger partial charge in [0.1, 0.15) is 16.8 Å². The van der Waals surface area contributed by atoms with E-state index >= 15 is 0 Å². The van der Waals surface area contributed by atoms with Crippen LogP contribution in [0, 0.1) is 6.92 Å². The summed E-state index contributed by atoms with van der Waals surface area (Å²) in [6.45, 7) is 28.5. The molecule has 0 atom stereocenters. The van der Waals surface area contributed by atoms with E-state index in [4.69, 9.17) is 8.83 Å². The van der Waals surface area contributed by atoms with Gasteiger partial charge >= 0.3 is 6.85 Å². The number of furan rings is 2. The van der Waals surface area contributed by atoms with Gasteiger partial charge in [-0.3, -0.25) is 0 Å². The van der Waals surface area contributed by atoms with Crippen LogP contribution in [-0.2, 0) is 27.1 Å². The van der Waals surface area contributed by atoms with Crippen molar-refractivity contribution < 1.29 is 8.83 Å². The molecule has 0 bridgehead atoms. The summed E-state index contributed by atoms with van der Waals surface area (Å²) < 4.78 is 17.7. The Labute approximate surface area is 422 Å². The van der Waals surface area contributed by atoms with Crippen molar-refractivity contribution in [2.75, 3.05) is 9.71 Å². The zero-order valence-corrected chi connectivity index (χ0v) is 44.3. The minimum absolute atomic E-state index is 0.00263. The normalized spacial score (nSPS) is 18.3. The standard InChI is InChI=1S/C65H63BN2O2S/c1-36-29-46-48(64(9,10)27-25-62(46,5)6)33-50(36)67-57-45-32-47-49(65(11,12)28-26-63(47,7)8)34-53(45)70-60(57)66-56-43(31-44-39-17-13-15-19-52(39)69-59(44)58(56)67)41-30-42-40-18-14-16-20-54(40)71-55(42)35-51(41)68(66)38-23-21-37(22-24-38)61(2,3)4/h13-24,29-35H,25-28H2,1-12H3. The highest BCUT2D eigenvalue weighted by Gasteiger charge is 2.51. The van der Waals surface area contributed by atoms with Gasteiger partial charge in [-0.2, -0.15) is 0 Å². The smallest absolute Gasteiger partial charge is 0.376 e. The van der Waals surface area contributed by atoms with Crippen LogP contribution < -0.4 is 20.8 Å². The van der Waals surface area contributed by atoms with E-state index in [0.29, 0.717) is 0 Å². The molecule has 0 N–H and O–H groups in total. The van der Waals surface area contributed by atoms with Gasteiger partial charge in [0.25, 0.3) is 0 Å². The third-order valence-corrected chi connectivity index (χ3v) is 19.2. The molecule has 0 unspecified atom stereocenters. The molecule has 6 heteroatoms. The van der Waals surface area contributed by atoms with Gasteiger partial charge < -0.3 is 18.5 Å². The Hall–Kier alpha value is -6.24. The maximum Gasteiger partial charge on any atom is 0.376 e. The van der Waals surface area contributed by atoms with E-state index in [1.54, 1.807) is 0 Å². The van der Waals surface area contributed by atoms with Crippen molar-refractivity contribution in [3.8, 4) is 11.1 Å². The predicted molar refractivity (Wildman–Crippen MR) is 304 cm³/mol. The van der Waals surface area contributed by atoms with Crippen LogP contribution in [0.1, 0.15) is 135 Å². The highest BCUT2D eigenvalue weighted by atomic mass is 32.1. The predicted octanol–water partition coefficient (Wildman–Crippen LogP) is 17.7. The highest BCUT2D eigenvalue weighted by molar-refractivity contribution is 7.25. The first-order chi connectivity index (χ1) is 33.7. The number of anilines is 5. The highest BCUT2D eigenvalue weighted by Crippen LogP contribution is 2.57. The monoisotopic (exact) mass is 946 g/mol. The van der Waals surface area contributed by atoms with Gasteiger partial charge in [0.2, 0.25) is 0 Å². The second kappa shape index (κ2) is 14.0. The number of fused-ring (bicyclic) bond motifs is 15. The zero-order chi connectivity index (χ0) is 49.1. The van der Waals surface area contributed by atoms with E-state index in [2.05, 4.69) is 208 Å². The fourth-order valence-corrected chi connectivity index (χ4v) is 14.7. The number of hydrogen-bond acceptors (Lipinski definition) is 5. The van der Waals surface area contributed by atoms with Crippen LogP contribution >= 0.6 is 11.3 Å². The molecular formula is C65H63BN2O2S. The van der Waals surface area contributed by atoms with Gasteiger partial charge in [0.05, 0.1) is 11.4 Å². The Morgan fingerprint density at radius 2 is 1.13 bits per heavy atom. The van der Waals surface area contributed by atoms with Crippen LogP contribution in [0.2, 0.25) is 0 Å². The minimum Gasteiger partial charge on any atom is -0.466 e. The summed E-state index contributed by atoms with van der Waals surface area (Å²) in [6, 6.07) is 44.6. The van der Waals surface area contributed by atoms with Crippen LogP contribution in [-0.4, -0.2) is 6.85 Å². The Morgan fingerprint density at radius 3 is 1.82 bits per heavy atom. The van der Waals surface area contributed by atoms with Gasteiger partial charge in [0, 0.05) is 59.0 Å². The number of hydrogen-bond donors (Lipinski definition) is 0. The van der Waals surface area contributed by atoms with Gasteiger partial charge in [-0.25, -0.2) is 0 Å². The minimum atomic E-state index is -0.317. The second-order valence-electron chi connectivity index (χ2n) is 25.5. The average Bonchev–Trinajstić information content (AvgIpc) is 4.02. The lowest BCUT2D eigenvalue weighted by Gasteiger charge is -2.45. The molecule has 71 heavy (non-hydrogen) atoms. The molecule has 3 aromatic heterocycles. The first kappa shape index (κ1) is 43.5. The molecule has 4 nitrogen and oxygen atoms in total. The Kier molecular flexibility index (Phi) is 8.61. The topological polar surface area (TPSA) is 32.8 Å². The molecule has 10 aromatic rings. The number of para-hydroxylation sites is 1. The quantitative estimate of drug-likeness (QED) is 0.162. The summed E-state index contributed by atoms with van der Waals surface area (Å²) in [5.74, 6) is 0. The van der Waals surface area contributed by atoms with E-state index in [9.17, 15) is 0 Å². The fourth-order valence-electron chi connectivity index (χ4n) is 13.6. The molecule has 354 valence electrons. The van der Waals surface area contributed by atoms with Crippen molar-refractivity contribution in [1.82, 2.24) is 0 Å². The zero-order valence-electron chi connectivity index (χ0n) is 43.5. The third-order valence-electron chi connectivity index (χ3n) is 18.0. The van der Waals surface area contributed by atoms with Crippen molar-refractivity contribution in [2.24, 2.45) is 0 Å². The molecule has 0 saturated heterocycles. The molecule has 2 aliphatic heterocycles. The van der Waals surface area contributed by atoms with E-state index < -0.39 is 0 Å². The first-order valence-electron chi connectivity index (χ1n) is 26.1. The maximum absolute atomic E-state index is 7.79. The lowest BCUT2D eigenvalue weighted by molar-refractivity contribution is 0.332. The molecule has 0 amide bonds. The summed E-state index contributed by atoms with van der Waals surface area (Å²) in [6.07, 6.45) is 4.56. The second-order valence-corrected chi connectivity index (χ2v) is 26.5. The SMILES string of the molecule is Cc1cc2c(cc1N1c3c(oc4cc5c(cc34)C(C)(C)CCC5(C)C)B3c4c(cc5c(oc6ccccc65)c41)-c1cc4c(cc1N3c1ccc(C(C)(C)C)cc1)sc1ccccc14)C(C)(C)CCC2(C)C. The lowest BCUT2D eigenvalue weighted by atomic mass is 9.45. The maximum atomic E-state index is 7.79. The van der Waals surface area contributed by atoms with Crippen LogP contribution in [0.4, 0.5) is 28.4 Å². The number of nitrogens with zero attached hydrogens (tertiary/aromatic N) is 2. The number of thiophene rings is 1. The Morgan fingerprint density at radius 1 is 0.521 bits per heavy atom. The van der Waals surface area contributed by atoms with Crippen LogP contribution in [0.25, 0.3) is 64.2 Å². The number of aryl methyl sites for hydroxylation is 1. The van der Waals surface area contributed by atoms with Gasteiger partial charge in [-0.05, 0) is 165 Å². The van der Waals surface area contributed by atoms with Crippen molar-refractivity contribution in [3.63, 3.8) is 0 Å². The molecule has 0 fully saturated rings. The summed E-state index contributed by atoms with van der Waals surface area (Å²) in [5, 5.41) is 6.02. The molecule has 2 aliphatic carbocycles. The van der Waals surface area contributed by atoms with Crippen molar-refractivity contribution in [2.45, 2.75) is 136 Å². The Balaban J connectivity index is 1.19. The van der Waals surface area contributed by atoms with Gasteiger partial charge in [-0.1, -0.05) is 131 Å². The number of rotatable bonds is 2. The lowest BCUT2D eigenvalue weighted by Crippen LogP contribution is -2.61. The summed E-state index contributed by atoms with van der Waals surface area (Å²) in [5.41, 5.74) is 21.6. The molecule has 7 aromatic carbocycles. The molecular weight excluding hydrogens is 884 g/mol. The number of benzene rings is 7. The van der Waals surface area contributed by atoms with E-state index in [1.807, 2.05) is 11.3 Å². The molecule has 0 saturated carbocycles. The Bertz CT molecular complexity index is 3960. The summed E-state index contributed by atoms with van der Waals surface area (Å²) >= 11 is 1.89. The van der Waals surface area contributed by atoms with Crippen molar-refractivity contribution >= 4 is 111 Å². The van der Waals surface area contributed by atoms with Gasteiger partial charge in [0.15, 0.2) is 5.58 Å². The van der Waals surface area contributed by atoms with Crippen LogP contribution in [0.3, 0.4) is 0 Å². The molecule has 0 radical (unpaired) electrons. The van der Waals surface area contributed by atoms with Crippen LogP contribution in [0.15, 0.2) is 124 Å². The van der Waals surface area contributed by atoms with Crippen LogP contribution in [0.5, 0.6) is 0 Å². The molecule has 4 aliphatic rings. The fraction of sp³-hybridized carbons (Fsp3) is 0.323. The molecule has 5 heterocycles. The van der Waals surface area contributed by atoms with Crippen molar-refractivity contribution in [1.29, 1.82) is 0 Å². The largest absolute Gasteiger partial charge is 0.466 e. The van der Waals surface area contributed by atoms with Gasteiger partial charge in [-0.15, -0.1) is 11.3 Å². The summed E-state index contributed by atoms with van der Waals surface area (Å²) in [7, 11) is 0. The molecule has 0 spiro atoms. The average molecular weight is 947 g/mol. The first-order valence-corrected chi connectivity index (χ1v) is 26.9. The van der Waals surface area contributed by atoms with E-state index in [0.717, 1.165) is 81.3 Å². The third kappa shape index (κ3) is 5.98. The van der Waals surface area contributed by atoms with E-state index in [1.165, 1.54) is 81.5 Å². The van der Waals surface area contributed by atoms with Crippen molar-refractivity contribution in [3.05, 3.63) is 149 Å².